The first kappa shape index (κ1) is 23.7. The molecular formula is C28H32N2O4. The van der Waals surface area contributed by atoms with Gasteiger partial charge in [-0.1, -0.05) is 62.4 Å². The number of esters is 1. The zero-order valence-corrected chi connectivity index (χ0v) is 20.0. The van der Waals surface area contributed by atoms with Crippen molar-refractivity contribution < 1.29 is 19.1 Å². The fourth-order valence-electron chi connectivity index (χ4n) is 5.02. The Morgan fingerprint density at radius 1 is 1.06 bits per heavy atom. The molecule has 3 atom stereocenters. The standard InChI is InChI=1S/C28H32N2O4/c1-17(2)15-22(25-27(32)24(34-28(25)33)16-19-9-5-4-6-10-19)26-21(13-14-29-18(3)31)20-11-7-8-12-23(20)30-26/h4-12,17,22,24-25,30H,13-16H2,1-3H3,(H,29,31). The van der Waals surface area contributed by atoms with Gasteiger partial charge in [0.25, 0.3) is 0 Å². The van der Waals surface area contributed by atoms with Crippen LogP contribution in [0.15, 0.2) is 54.6 Å². The number of hydrogen-bond acceptors (Lipinski definition) is 4. The number of fused-ring (bicyclic) bond motifs is 1. The third kappa shape index (κ3) is 5.06. The van der Waals surface area contributed by atoms with Crippen LogP contribution in [0.4, 0.5) is 0 Å². The lowest BCUT2D eigenvalue weighted by Crippen LogP contribution is -2.29. The quantitative estimate of drug-likeness (QED) is 0.368. The molecule has 2 aromatic carbocycles. The number of carbonyl (C=O) groups is 3. The van der Waals surface area contributed by atoms with E-state index in [1.54, 1.807) is 0 Å². The summed E-state index contributed by atoms with van der Waals surface area (Å²) in [5.41, 5.74) is 3.87. The Hall–Kier alpha value is -3.41. The first-order valence-corrected chi connectivity index (χ1v) is 12.0. The van der Waals surface area contributed by atoms with E-state index in [2.05, 4.69) is 24.1 Å². The Morgan fingerprint density at radius 2 is 1.76 bits per heavy atom. The number of ketones is 1. The minimum Gasteiger partial charge on any atom is -0.453 e. The number of hydrogen-bond donors (Lipinski definition) is 2. The number of aromatic nitrogens is 1. The van der Waals surface area contributed by atoms with E-state index in [4.69, 9.17) is 4.74 Å². The zero-order chi connectivity index (χ0) is 24.2. The lowest BCUT2D eigenvalue weighted by Gasteiger charge is -2.23. The van der Waals surface area contributed by atoms with Crippen LogP contribution in [0.2, 0.25) is 0 Å². The molecule has 2 heterocycles. The van der Waals surface area contributed by atoms with Crippen molar-refractivity contribution in [1.29, 1.82) is 0 Å². The van der Waals surface area contributed by atoms with Crippen LogP contribution in [0.1, 0.15) is 49.9 Å². The van der Waals surface area contributed by atoms with Gasteiger partial charge in [0, 0.05) is 42.4 Å². The molecule has 0 aliphatic carbocycles. The molecule has 3 aromatic rings. The van der Waals surface area contributed by atoms with Gasteiger partial charge >= 0.3 is 5.97 Å². The van der Waals surface area contributed by atoms with Gasteiger partial charge in [-0.3, -0.25) is 14.4 Å². The van der Waals surface area contributed by atoms with E-state index in [0.717, 1.165) is 27.7 Å². The maximum Gasteiger partial charge on any atom is 0.318 e. The minimum absolute atomic E-state index is 0.0848. The maximum absolute atomic E-state index is 13.5. The Balaban J connectivity index is 1.70. The van der Waals surface area contributed by atoms with Crippen molar-refractivity contribution in [3.8, 4) is 0 Å². The molecule has 1 aliphatic heterocycles. The second-order valence-electron chi connectivity index (χ2n) is 9.53. The number of carbonyl (C=O) groups excluding carboxylic acids is 3. The molecule has 1 fully saturated rings. The number of para-hydroxylation sites is 1. The largest absolute Gasteiger partial charge is 0.453 e. The molecule has 1 aromatic heterocycles. The lowest BCUT2D eigenvalue weighted by atomic mass is 9.78. The van der Waals surface area contributed by atoms with Crippen molar-refractivity contribution in [3.05, 3.63) is 71.4 Å². The lowest BCUT2D eigenvalue weighted by molar-refractivity contribution is -0.145. The van der Waals surface area contributed by atoms with E-state index < -0.39 is 18.0 Å². The molecule has 3 unspecified atom stereocenters. The first-order chi connectivity index (χ1) is 16.3. The van der Waals surface area contributed by atoms with Crippen LogP contribution >= 0.6 is 0 Å². The molecule has 178 valence electrons. The summed E-state index contributed by atoms with van der Waals surface area (Å²) < 4.78 is 5.64. The zero-order valence-electron chi connectivity index (χ0n) is 20.0. The van der Waals surface area contributed by atoms with Gasteiger partial charge in [-0.05, 0) is 36.0 Å². The van der Waals surface area contributed by atoms with E-state index in [9.17, 15) is 14.4 Å². The topological polar surface area (TPSA) is 88.3 Å². The number of benzene rings is 2. The number of nitrogens with one attached hydrogen (secondary N) is 2. The summed E-state index contributed by atoms with van der Waals surface area (Å²) in [7, 11) is 0. The number of Topliss-reactive ketones (excluding diaryl/α,β-unsaturated/α-hetero) is 1. The molecule has 0 saturated carbocycles. The van der Waals surface area contributed by atoms with E-state index >= 15 is 0 Å². The summed E-state index contributed by atoms with van der Waals surface area (Å²) in [6.45, 7) is 6.17. The summed E-state index contributed by atoms with van der Waals surface area (Å²) in [6.07, 6.45) is 0.903. The van der Waals surface area contributed by atoms with Crippen LogP contribution in [-0.2, 0) is 32.0 Å². The molecule has 34 heavy (non-hydrogen) atoms. The smallest absolute Gasteiger partial charge is 0.318 e. The van der Waals surface area contributed by atoms with Crippen LogP contribution in [-0.4, -0.2) is 35.3 Å². The Morgan fingerprint density at radius 3 is 2.47 bits per heavy atom. The number of aromatic amines is 1. The average molecular weight is 461 g/mol. The van der Waals surface area contributed by atoms with Gasteiger partial charge < -0.3 is 15.0 Å². The molecule has 6 nitrogen and oxygen atoms in total. The van der Waals surface area contributed by atoms with Crippen molar-refractivity contribution >= 4 is 28.6 Å². The molecule has 1 amide bonds. The van der Waals surface area contributed by atoms with Gasteiger partial charge in [0.2, 0.25) is 5.91 Å². The van der Waals surface area contributed by atoms with Crippen LogP contribution in [0.3, 0.4) is 0 Å². The number of H-pyrrole nitrogens is 1. The fraction of sp³-hybridized carbons (Fsp3) is 0.393. The summed E-state index contributed by atoms with van der Waals surface area (Å²) >= 11 is 0. The highest BCUT2D eigenvalue weighted by Gasteiger charge is 2.48. The van der Waals surface area contributed by atoms with E-state index in [-0.39, 0.29) is 23.5 Å². The highest BCUT2D eigenvalue weighted by Crippen LogP contribution is 2.40. The number of ether oxygens (including phenoxy) is 1. The highest BCUT2D eigenvalue weighted by atomic mass is 16.6. The number of rotatable bonds is 9. The van der Waals surface area contributed by atoms with Crippen molar-refractivity contribution in [2.24, 2.45) is 11.8 Å². The first-order valence-electron chi connectivity index (χ1n) is 12.0. The van der Waals surface area contributed by atoms with Crippen molar-refractivity contribution in [3.63, 3.8) is 0 Å². The van der Waals surface area contributed by atoms with Gasteiger partial charge in [0.1, 0.15) is 5.92 Å². The molecule has 0 bridgehead atoms. The van der Waals surface area contributed by atoms with Gasteiger partial charge in [0.05, 0.1) is 0 Å². The highest BCUT2D eigenvalue weighted by molar-refractivity contribution is 6.07. The second-order valence-corrected chi connectivity index (χ2v) is 9.53. The number of cyclic esters (lactones) is 1. The normalized spacial score (nSPS) is 18.9. The Kier molecular flexibility index (Phi) is 7.15. The molecule has 0 radical (unpaired) electrons. The summed E-state index contributed by atoms with van der Waals surface area (Å²) in [6, 6.07) is 17.6. The Labute approximate surface area is 200 Å². The van der Waals surface area contributed by atoms with Gasteiger partial charge in [-0.15, -0.1) is 0 Å². The fourth-order valence-corrected chi connectivity index (χ4v) is 5.02. The van der Waals surface area contributed by atoms with Gasteiger partial charge in [0.15, 0.2) is 11.9 Å². The molecule has 6 heteroatoms. The van der Waals surface area contributed by atoms with E-state index in [0.29, 0.717) is 25.8 Å². The monoisotopic (exact) mass is 460 g/mol. The summed E-state index contributed by atoms with van der Waals surface area (Å²) in [5, 5.41) is 3.92. The van der Waals surface area contributed by atoms with Gasteiger partial charge in [-0.2, -0.15) is 0 Å². The van der Waals surface area contributed by atoms with Crippen molar-refractivity contribution in [2.45, 2.75) is 52.1 Å². The van der Waals surface area contributed by atoms with Crippen molar-refractivity contribution in [1.82, 2.24) is 10.3 Å². The Bertz CT molecular complexity index is 1180. The SMILES string of the molecule is CC(=O)NCCc1c(C(CC(C)C)C2C(=O)OC(Cc3ccccc3)C2=O)[nH]c2ccccc12. The van der Waals surface area contributed by atoms with Crippen LogP contribution in [0, 0.1) is 11.8 Å². The molecular weight excluding hydrogens is 428 g/mol. The minimum atomic E-state index is -0.844. The predicted molar refractivity (Wildman–Crippen MR) is 131 cm³/mol. The predicted octanol–water partition coefficient (Wildman–Crippen LogP) is 4.33. The molecule has 1 saturated heterocycles. The van der Waals surface area contributed by atoms with Crippen LogP contribution < -0.4 is 5.32 Å². The molecule has 0 spiro atoms. The third-order valence-electron chi connectivity index (χ3n) is 6.49. The van der Waals surface area contributed by atoms with Crippen LogP contribution in [0.5, 0.6) is 0 Å². The van der Waals surface area contributed by atoms with Crippen molar-refractivity contribution in [2.75, 3.05) is 6.54 Å². The molecule has 4 rings (SSSR count). The second kappa shape index (κ2) is 10.2. The van der Waals surface area contributed by atoms with Crippen LogP contribution in [0.25, 0.3) is 10.9 Å². The maximum atomic E-state index is 13.5. The summed E-state index contributed by atoms with van der Waals surface area (Å²) in [5.74, 6) is -1.56. The summed E-state index contributed by atoms with van der Waals surface area (Å²) in [4.78, 5) is 41.6. The molecule has 1 aliphatic rings. The van der Waals surface area contributed by atoms with Gasteiger partial charge in [-0.25, -0.2) is 0 Å². The number of amides is 1. The van der Waals surface area contributed by atoms with E-state index in [1.807, 2.05) is 54.6 Å². The third-order valence-corrected chi connectivity index (χ3v) is 6.49. The van der Waals surface area contributed by atoms with E-state index in [1.165, 1.54) is 6.92 Å². The molecule has 2 N–H and O–H groups in total. The average Bonchev–Trinajstić information content (AvgIpc) is 3.29.